The number of nitrogens with one attached hydrogen (secondary N) is 1. The molecule has 4 rings (SSSR count). The van der Waals surface area contributed by atoms with Gasteiger partial charge in [-0.05, 0) is 32.3 Å². The standard InChI is InChI=1S/C18H23N5O2/c1-12-19-14-10-16(25-3)15(24-2)9-13(14)18-21-20-17(23(12)18)11-22-7-5-4-6-8-22/h9-10H,4-8,11H2,1-3H3/p+1. The number of piperidine rings is 1. The third kappa shape index (κ3) is 2.78. The zero-order chi connectivity index (χ0) is 17.4. The molecule has 0 bridgehead atoms. The fraction of sp³-hybridized carbons (Fsp3) is 0.500. The van der Waals surface area contributed by atoms with Crippen molar-refractivity contribution < 1.29 is 14.4 Å². The van der Waals surface area contributed by atoms with Gasteiger partial charge in [-0.3, -0.25) is 4.40 Å². The van der Waals surface area contributed by atoms with Gasteiger partial charge in [0.05, 0.1) is 32.8 Å². The molecule has 0 atom stereocenters. The van der Waals surface area contributed by atoms with Gasteiger partial charge in [-0.1, -0.05) is 0 Å². The van der Waals surface area contributed by atoms with Crippen LogP contribution in [0.15, 0.2) is 12.1 Å². The van der Waals surface area contributed by atoms with E-state index in [-0.39, 0.29) is 0 Å². The molecule has 1 N–H and O–H groups in total. The summed E-state index contributed by atoms with van der Waals surface area (Å²) in [6.07, 6.45) is 3.93. The highest BCUT2D eigenvalue weighted by atomic mass is 16.5. The number of quaternary nitrogens is 1. The maximum absolute atomic E-state index is 5.44. The van der Waals surface area contributed by atoms with Crippen LogP contribution in [-0.2, 0) is 6.54 Å². The number of aromatic nitrogens is 4. The third-order valence-corrected chi connectivity index (χ3v) is 5.05. The fourth-order valence-electron chi connectivity index (χ4n) is 3.76. The Balaban J connectivity index is 1.84. The minimum absolute atomic E-state index is 0.670. The summed E-state index contributed by atoms with van der Waals surface area (Å²) in [5, 5.41) is 9.87. The van der Waals surface area contributed by atoms with Gasteiger partial charge in [0.15, 0.2) is 23.0 Å². The molecular weight excluding hydrogens is 318 g/mol. The van der Waals surface area contributed by atoms with Crippen LogP contribution < -0.4 is 14.4 Å². The van der Waals surface area contributed by atoms with Crippen LogP contribution in [0, 0.1) is 6.92 Å². The van der Waals surface area contributed by atoms with Crippen LogP contribution in [0.3, 0.4) is 0 Å². The summed E-state index contributed by atoms with van der Waals surface area (Å²) < 4.78 is 12.9. The lowest BCUT2D eigenvalue weighted by molar-refractivity contribution is -0.919. The summed E-state index contributed by atoms with van der Waals surface area (Å²) in [6.45, 7) is 5.31. The smallest absolute Gasteiger partial charge is 0.194 e. The molecule has 0 spiro atoms. The average molecular weight is 342 g/mol. The van der Waals surface area contributed by atoms with E-state index in [4.69, 9.17) is 14.5 Å². The van der Waals surface area contributed by atoms with Crippen molar-refractivity contribution in [2.24, 2.45) is 0 Å². The number of likely N-dealkylation sites (tertiary alicyclic amines) is 1. The van der Waals surface area contributed by atoms with E-state index in [1.54, 1.807) is 19.1 Å². The second-order valence-electron chi connectivity index (χ2n) is 6.65. The van der Waals surface area contributed by atoms with Crippen LogP contribution in [-0.4, -0.2) is 46.9 Å². The summed E-state index contributed by atoms with van der Waals surface area (Å²) in [5.41, 5.74) is 1.67. The molecule has 7 heteroatoms. The van der Waals surface area contributed by atoms with Crippen molar-refractivity contribution in [3.05, 3.63) is 23.8 Å². The summed E-state index contributed by atoms with van der Waals surface area (Å²) >= 11 is 0. The Hall–Kier alpha value is -2.41. The molecule has 0 unspecified atom stereocenters. The molecule has 3 heterocycles. The van der Waals surface area contributed by atoms with Crippen LogP contribution >= 0.6 is 0 Å². The topological polar surface area (TPSA) is 66.0 Å². The van der Waals surface area contributed by atoms with E-state index in [2.05, 4.69) is 14.6 Å². The minimum Gasteiger partial charge on any atom is -0.493 e. The maximum Gasteiger partial charge on any atom is 0.194 e. The van der Waals surface area contributed by atoms with Gasteiger partial charge in [-0.25, -0.2) is 4.98 Å². The maximum atomic E-state index is 5.44. The molecule has 7 nitrogen and oxygen atoms in total. The van der Waals surface area contributed by atoms with Gasteiger partial charge in [0.25, 0.3) is 0 Å². The monoisotopic (exact) mass is 342 g/mol. The van der Waals surface area contributed by atoms with Gasteiger partial charge in [0, 0.05) is 11.5 Å². The molecule has 1 saturated heterocycles. The minimum atomic E-state index is 0.670. The van der Waals surface area contributed by atoms with E-state index in [1.807, 2.05) is 19.1 Å². The van der Waals surface area contributed by atoms with Gasteiger partial charge in [0.1, 0.15) is 12.4 Å². The highest BCUT2D eigenvalue weighted by molar-refractivity contribution is 5.93. The van der Waals surface area contributed by atoms with Crippen LogP contribution in [0.5, 0.6) is 11.5 Å². The van der Waals surface area contributed by atoms with Gasteiger partial charge in [-0.2, -0.15) is 0 Å². The van der Waals surface area contributed by atoms with Gasteiger partial charge in [0.2, 0.25) is 0 Å². The molecule has 0 radical (unpaired) electrons. The predicted molar refractivity (Wildman–Crippen MR) is 94.4 cm³/mol. The first-order chi connectivity index (χ1) is 12.2. The second-order valence-corrected chi connectivity index (χ2v) is 6.65. The number of hydrogen-bond donors (Lipinski definition) is 1. The Morgan fingerprint density at radius 1 is 1.04 bits per heavy atom. The lowest BCUT2D eigenvalue weighted by atomic mass is 10.1. The van der Waals surface area contributed by atoms with Crippen molar-refractivity contribution >= 4 is 16.6 Å². The lowest BCUT2D eigenvalue weighted by Gasteiger charge is -2.22. The Morgan fingerprint density at radius 3 is 2.48 bits per heavy atom. The van der Waals surface area contributed by atoms with Gasteiger partial charge < -0.3 is 14.4 Å². The lowest BCUT2D eigenvalue weighted by Crippen LogP contribution is -3.11. The summed E-state index contributed by atoms with van der Waals surface area (Å²) in [5.74, 6) is 3.22. The Bertz CT molecular complexity index is 915. The molecule has 3 aromatic rings. The SMILES string of the molecule is COc1cc2nc(C)n3c(C[NH+]4CCCCC4)nnc3c2cc1OC. The molecule has 1 fully saturated rings. The number of aryl methyl sites for hydroxylation is 1. The summed E-state index contributed by atoms with van der Waals surface area (Å²) in [7, 11) is 3.27. The highest BCUT2D eigenvalue weighted by Crippen LogP contribution is 2.33. The number of ether oxygens (including phenoxy) is 2. The molecule has 1 aromatic carbocycles. The quantitative estimate of drug-likeness (QED) is 0.771. The third-order valence-electron chi connectivity index (χ3n) is 5.05. The van der Waals surface area contributed by atoms with Crippen molar-refractivity contribution in [2.45, 2.75) is 32.7 Å². The van der Waals surface area contributed by atoms with Crippen molar-refractivity contribution in [1.82, 2.24) is 19.6 Å². The first kappa shape index (κ1) is 16.1. The number of fused-ring (bicyclic) bond motifs is 3. The number of nitrogens with zero attached hydrogens (tertiary/aromatic N) is 4. The van der Waals surface area contributed by atoms with Crippen molar-refractivity contribution in [3.8, 4) is 11.5 Å². The van der Waals surface area contributed by atoms with E-state index in [0.717, 1.165) is 34.7 Å². The molecule has 0 saturated carbocycles. The van der Waals surface area contributed by atoms with Crippen LogP contribution in [0.4, 0.5) is 0 Å². The first-order valence-corrected chi connectivity index (χ1v) is 8.81. The van der Waals surface area contributed by atoms with E-state index < -0.39 is 0 Å². The number of rotatable bonds is 4. The fourth-order valence-corrected chi connectivity index (χ4v) is 3.76. The van der Waals surface area contributed by atoms with Crippen LogP contribution in [0.1, 0.15) is 30.9 Å². The van der Waals surface area contributed by atoms with Crippen molar-refractivity contribution in [2.75, 3.05) is 27.3 Å². The van der Waals surface area contributed by atoms with E-state index in [0.29, 0.717) is 11.5 Å². The largest absolute Gasteiger partial charge is 0.493 e. The summed E-state index contributed by atoms with van der Waals surface area (Å²) in [4.78, 5) is 6.33. The zero-order valence-corrected chi connectivity index (χ0v) is 15.0. The van der Waals surface area contributed by atoms with E-state index in [1.165, 1.54) is 32.4 Å². The van der Waals surface area contributed by atoms with Crippen molar-refractivity contribution in [3.63, 3.8) is 0 Å². The molecule has 1 aliphatic rings. The average Bonchev–Trinajstić information content (AvgIpc) is 3.06. The molecule has 0 aliphatic carbocycles. The molecule has 0 amide bonds. The number of methoxy groups -OCH3 is 2. The normalized spacial score (nSPS) is 15.8. The second kappa shape index (κ2) is 6.48. The van der Waals surface area contributed by atoms with Gasteiger partial charge in [-0.15, -0.1) is 10.2 Å². The zero-order valence-electron chi connectivity index (χ0n) is 15.0. The van der Waals surface area contributed by atoms with Crippen LogP contribution in [0.25, 0.3) is 16.6 Å². The van der Waals surface area contributed by atoms with E-state index >= 15 is 0 Å². The van der Waals surface area contributed by atoms with E-state index in [9.17, 15) is 0 Å². The molecule has 1 aliphatic heterocycles. The predicted octanol–water partition coefficient (Wildman–Crippen LogP) is 1.17. The Kier molecular flexibility index (Phi) is 4.17. The van der Waals surface area contributed by atoms with Crippen LogP contribution in [0.2, 0.25) is 0 Å². The molecule has 2 aromatic heterocycles. The molecule has 25 heavy (non-hydrogen) atoms. The first-order valence-electron chi connectivity index (χ1n) is 8.81. The van der Waals surface area contributed by atoms with Crippen molar-refractivity contribution in [1.29, 1.82) is 0 Å². The summed E-state index contributed by atoms with van der Waals surface area (Å²) in [6, 6.07) is 3.83. The number of hydrogen-bond acceptors (Lipinski definition) is 5. The Labute approximate surface area is 146 Å². The molecular formula is C18H24N5O2+. The van der Waals surface area contributed by atoms with Gasteiger partial charge >= 0.3 is 0 Å². The highest BCUT2D eigenvalue weighted by Gasteiger charge is 2.20. The number of benzene rings is 1. The Morgan fingerprint density at radius 2 is 1.76 bits per heavy atom. The molecule has 132 valence electrons.